The van der Waals surface area contributed by atoms with Crippen LogP contribution >= 0.6 is 0 Å². The van der Waals surface area contributed by atoms with Crippen molar-refractivity contribution >= 4 is 5.97 Å². The molecule has 0 saturated heterocycles. The molecule has 4 heteroatoms. The fourth-order valence-electron chi connectivity index (χ4n) is 6.00. The Morgan fingerprint density at radius 2 is 0.712 bits per heavy atom. The lowest BCUT2D eigenvalue weighted by Gasteiger charge is -2.15. The highest BCUT2D eigenvalue weighted by molar-refractivity contribution is 5.69. The van der Waals surface area contributed by atoms with Crippen LogP contribution in [0.4, 0.5) is 0 Å². The lowest BCUT2D eigenvalue weighted by atomic mass is 10.0. The Morgan fingerprint density at radius 3 is 1.07 bits per heavy atom. The third-order valence-corrected chi connectivity index (χ3v) is 9.47. The molecule has 0 bridgehead atoms. The van der Waals surface area contributed by atoms with Gasteiger partial charge in [-0.25, -0.2) is 0 Å². The maximum atomic E-state index is 12.3. The van der Waals surface area contributed by atoms with Crippen molar-refractivity contribution in [1.29, 1.82) is 0 Å². The molecule has 0 fully saturated rings. The molecular formula is C55H88O4. The monoisotopic (exact) mass is 813 g/mol. The van der Waals surface area contributed by atoms with Crippen LogP contribution in [-0.4, -0.2) is 37.0 Å². The first kappa shape index (κ1) is 55.5. The quantitative estimate of drug-likeness (QED) is 0.0379. The minimum Gasteiger partial charge on any atom is -0.457 e. The average Bonchev–Trinajstić information content (AvgIpc) is 3.24. The molecule has 1 N–H and O–H groups in total. The highest BCUT2D eigenvalue weighted by atomic mass is 16.6. The molecule has 0 aliphatic carbocycles. The van der Waals surface area contributed by atoms with Gasteiger partial charge in [0.2, 0.25) is 0 Å². The summed E-state index contributed by atoms with van der Waals surface area (Å²) in [4.78, 5) is 12.3. The molecule has 0 spiro atoms. The number of ether oxygens (including phenoxy) is 2. The Morgan fingerprint density at radius 1 is 0.407 bits per heavy atom. The van der Waals surface area contributed by atoms with Crippen molar-refractivity contribution in [3.05, 3.63) is 134 Å². The van der Waals surface area contributed by atoms with E-state index < -0.39 is 6.10 Å². The summed E-state index contributed by atoms with van der Waals surface area (Å²) in [6.07, 6.45) is 76.7. The maximum absolute atomic E-state index is 12.3. The van der Waals surface area contributed by atoms with E-state index >= 15 is 0 Å². The van der Waals surface area contributed by atoms with Gasteiger partial charge in [-0.2, -0.15) is 0 Å². The van der Waals surface area contributed by atoms with Gasteiger partial charge in [0.1, 0.15) is 6.10 Å². The molecule has 0 aliphatic heterocycles. The first-order chi connectivity index (χ1) is 29.2. The van der Waals surface area contributed by atoms with Gasteiger partial charge in [0.15, 0.2) is 0 Å². The number of rotatable bonds is 42. The smallest absolute Gasteiger partial charge is 0.306 e. The van der Waals surface area contributed by atoms with Crippen molar-refractivity contribution in [2.75, 3.05) is 19.8 Å². The second kappa shape index (κ2) is 50.7. The highest BCUT2D eigenvalue weighted by Crippen LogP contribution is 2.13. The standard InChI is InChI=1S/C55H88O4/c1-3-5-7-9-11-13-15-17-19-21-23-25-27-29-31-33-35-37-39-41-43-45-47-49-51-58-53-54(52-56)59-55(57)50-48-46-44-42-40-38-36-34-32-30-28-26-24-22-20-18-16-14-12-10-8-6-4-2/h5-8,11-14,17-20,23-26,29,31,35,37,41,43,54,56H,3-4,9-10,15-16,21-22,27-28,30,32-34,36,38-40,42,44-53H2,1-2H3/b7-5-,8-6-,13-11-,14-12-,19-17-,20-18-,25-23-,26-24-,31-29-,37-35-,43-41-. The molecule has 0 aromatic carbocycles. The van der Waals surface area contributed by atoms with Gasteiger partial charge in [-0.05, 0) is 109 Å². The summed E-state index contributed by atoms with van der Waals surface area (Å²) >= 11 is 0. The molecule has 332 valence electrons. The van der Waals surface area contributed by atoms with Crippen LogP contribution < -0.4 is 0 Å². The van der Waals surface area contributed by atoms with E-state index in [4.69, 9.17) is 9.47 Å². The number of carbonyl (C=O) groups is 1. The molecule has 4 nitrogen and oxygen atoms in total. The number of allylic oxidation sites excluding steroid dienone is 22. The van der Waals surface area contributed by atoms with Gasteiger partial charge in [0, 0.05) is 13.0 Å². The molecule has 0 saturated carbocycles. The molecule has 0 aromatic heterocycles. The Labute approximate surface area is 364 Å². The Hall–Kier alpha value is -3.47. The van der Waals surface area contributed by atoms with E-state index in [1.165, 1.54) is 57.8 Å². The number of aliphatic hydroxyl groups is 1. The molecular weight excluding hydrogens is 725 g/mol. The van der Waals surface area contributed by atoms with E-state index in [9.17, 15) is 9.90 Å². The van der Waals surface area contributed by atoms with Crippen molar-refractivity contribution in [2.45, 2.75) is 187 Å². The Kier molecular flexibility index (Phi) is 47.7. The number of unbranched alkanes of at least 4 members (excludes halogenated alkanes) is 12. The molecule has 1 atom stereocenters. The van der Waals surface area contributed by atoms with E-state index in [0.717, 1.165) is 103 Å². The fraction of sp³-hybridized carbons (Fsp3) is 0.582. The topological polar surface area (TPSA) is 55.8 Å². The number of hydrogen-bond acceptors (Lipinski definition) is 4. The number of esters is 1. The second-order valence-corrected chi connectivity index (χ2v) is 15.1. The van der Waals surface area contributed by atoms with Crippen LogP contribution in [0.5, 0.6) is 0 Å². The summed E-state index contributed by atoms with van der Waals surface area (Å²) in [5.74, 6) is -0.227. The van der Waals surface area contributed by atoms with Crippen LogP contribution in [0.25, 0.3) is 0 Å². The Balaban J connectivity index is 3.58. The summed E-state index contributed by atoms with van der Waals surface area (Å²) in [5.41, 5.74) is 0. The lowest BCUT2D eigenvalue weighted by Crippen LogP contribution is -2.27. The van der Waals surface area contributed by atoms with Gasteiger partial charge in [0.05, 0.1) is 13.2 Å². The van der Waals surface area contributed by atoms with Crippen molar-refractivity contribution < 1.29 is 19.4 Å². The van der Waals surface area contributed by atoms with Crippen LogP contribution in [0.3, 0.4) is 0 Å². The van der Waals surface area contributed by atoms with Crippen molar-refractivity contribution in [3.8, 4) is 0 Å². The zero-order chi connectivity index (χ0) is 42.6. The van der Waals surface area contributed by atoms with E-state index in [0.29, 0.717) is 13.0 Å². The first-order valence-corrected chi connectivity index (χ1v) is 23.8. The molecule has 0 heterocycles. The number of hydrogen-bond donors (Lipinski definition) is 1. The van der Waals surface area contributed by atoms with Crippen molar-refractivity contribution in [1.82, 2.24) is 0 Å². The van der Waals surface area contributed by atoms with Gasteiger partial charge in [-0.3, -0.25) is 4.79 Å². The van der Waals surface area contributed by atoms with Gasteiger partial charge >= 0.3 is 5.97 Å². The van der Waals surface area contributed by atoms with Crippen LogP contribution in [0, 0.1) is 0 Å². The van der Waals surface area contributed by atoms with Gasteiger partial charge in [-0.15, -0.1) is 0 Å². The van der Waals surface area contributed by atoms with Crippen LogP contribution in [0.15, 0.2) is 134 Å². The van der Waals surface area contributed by atoms with Crippen molar-refractivity contribution in [3.63, 3.8) is 0 Å². The molecule has 0 amide bonds. The average molecular weight is 813 g/mol. The largest absolute Gasteiger partial charge is 0.457 e. The van der Waals surface area contributed by atoms with E-state index in [2.05, 4.69) is 148 Å². The van der Waals surface area contributed by atoms with Crippen LogP contribution in [0.1, 0.15) is 181 Å². The molecule has 59 heavy (non-hydrogen) atoms. The SMILES string of the molecule is CC/C=C\C/C=C\C/C=C\C/C=C\C/C=C\C/C=C\C/C=C\CCCCOCC(CO)OC(=O)CCCCCCCCCCCC/C=C\C/C=C\C/C=C\C/C=C\CC. The highest BCUT2D eigenvalue weighted by Gasteiger charge is 2.13. The van der Waals surface area contributed by atoms with Gasteiger partial charge < -0.3 is 14.6 Å². The molecule has 0 aliphatic rings. The molecule has 0 rings (SSSR count). The first-order valence-electron chi connectivity index (χ1n) is 23.8. The third-order valence-electron chi connectivity index (χ3n) is 9.47. The normalized spacial score (nSPS) is 13.6. The molecule has 1 unspecified atom stereocenters. The zero-order valence-electron chi connectivity index (χ0n) is 38.0. The minimum absolute atomic E-state index is 0.201. The lowest BCUT2D eigenvalue weighted by molar-refractivity contribution is -0.154. The Bertz CT molecular complexity index is 1220. The molecule has 0 radical (unpaired) electrons. The minimum atomic E-state index is -0.572. The van der Waals surface area contributed by atoms with Gasteiger partial charge in [0.25, 0.3) is 0 Å². The summed E-state index contributed by atoms with van der Waals surface area (Å²) in [5, 5.41) is 9.63. The molecule has 0 aromatic rings. The zero-order valence-corrected chi connectivity index (χ0v) is 38.0. The van der Waals surface area contributed by atoms with Crippen LogP contribution in [-0.2, 0) is 14.3 Å². The predicted molar refractivity (Wildman–Crippen MR) is 260 cm³/mol. The second-order valence-electron chi connectivity index (χ2n) is 15.1. The summed E-state index contributed by atoms with van der Waals surface area (Å²) in [7, 11) is 0. The number of aliphatic hydroxyl groups excluding tert-OH is 1. The fourth-order valence-corrected chi connectivity index (χ4v) is 6.00. The van der Waals surface area contributed by atoms with E-state index in [-0.39, 0.29) is 19.2 Å². The maximum Gasteiger partial charge on any atom is 0.306 e. The summed E-state index contributed by atoms with van der Waals surface area (Å²) < 4.78 is 11.1. The van der Waals surface area contributed by atoms with Crippen molar-refractivity contribution in [2.24, 2.45) is 0 Å². The summed E-state index contributed by atoms with van der Waals surface area (Å²) in [6.45, 7) is 4.99. The van der Waals surface area contributed by atoms with E-state index in [1.54, 1.807) is 0 Å². The van der Waals surface area contributed by atoms with Gasteiger partial charge in [-0.1, -0.05) is 199 Å². The summed E-state index contributed by atoms with van der Waals surface area (Å²) in [6, 6.07) is 0. The number of carbonyl (C=O) groups excluding carboxylic acids is 1. The third kappa shape index (κ3) is 48.8. The van der Waals surface area contributed by atoms with E-state index in [1.807, 2.05) is 0 Å². The predicted octanol–water partition coefficient (Wildman–Crippen LogP) is 16.2. The van der Waals surface area contributed by atoms with Crippen LogP contribution in [0.2, 0.25) is 0 Å².